The Labute approximate surface area is 133 Å². The summed E-state index contributed by atoms with van der Waals surface area (Å²) in [5.41, 5.74) is -0.191. The number of hydrogen-bond donors (Lipinski definition) is 1. The third-order valence-corrected chi connectivity index (χ3v) is 2.86. The first kappa shape index (κ1) is 19.2. The Bertz CT molecular complexity index is 498. The summed E-state index contributed by atoms with van der Waals surface area (Å²) in [6, 6.07) is 4.59. The molecule has 128 valence electrons. The number of benzene rings is 1. The van der Waals surface area contributed by atoms with Crippen molar-refractivity contribution in [2.75, 3.05) is 33.5 Å². The van der Waals surface area contributed by atoms with Gasteiger partial charge in [-0.05, 0) is 30.2 Å². The molecule has 0 saturated carbocycles. The predicted molar refractivity (Wildman–Crippen MR) is 80.8 cm³/mol. The molecule has 0 fully saturated rings. The molecule has 23 heavy (non-hydrogen) atoms. The first-order chi connectivity index (χ1) is 10.9. The summed E-state index contributed by atoms with van der Waals surface area (Å²) in [7, 11) is 1.59. The molecule has 0 aliphatic heterocycles. The van der Waals surface area contributed by atoms with Crippen LogP contribution < -0.4 is 5.32 Å². The second-order valence-electron chi connectivity index (χ2n) is 4.70. The van der Waals surface area contributed by atoms with Crippen LogP contribution in [0.25, 0.3) is 6.08 Å². The molecule has 0 aromatic heterocycles. The quantitative estimate of drug-likeness (QED) is 0.559. The Hall–Kier alpha value is -1.86. The molecular formula is C16H20F3NO3. The molecule has 1 N–H and O–H groups in total. The molecular weight excluding hydrogens is 311 g/mol. The molecule has 7 heteroatoms. The minimum absolute atomic E-state index is 0.304. The van der Waals surface area contributed by atoms with Crippen LogP contribution in [0.4, 0.5) is 13.2 Å². The maximum absolute atomic E-state index is 12.4. The fraction of sp³-hybridized carbons (Fsp3) is 0.438. The van der Waals surface area contributed by atoms with Gasteiger partial charge in [-0.2, -0.15) is 13.2 Å². The maximum Gasteiger partial charge on any atom is 0.416 e. The number of hydrogen-bond acceptors (Lipinski definition) is 3. The van der Waals surface area contributed by atoms with Gasteiger partial charge >= 0.3 is 6.18 Å². The lowest BCUT2D eigenvalue weighted by molar-refractivity contribution is -0.137. The predicted octanol–water partition coefficient (Wildman–Crippen LogP) is 2.89. The standard InChI is InChI=1S/C16H20F3NO3/c1-22-11-12-23-10-2-9-20-15(21)8-5-13-3-6-14(7-4-13)16(17,18)19/h3-8H,2,9-12H2,1H3,(H,20,21)/b8-5+. The topological polar surface area (TPSA) is 47.6 Å². The van der Waals surface area contributed by atoms with Crippen LogP contribution in [0.2, 0.25) is 0 Å². The molecule has 0 heterocycles. The van der Waals surface area contributed by atoms with Gasteiger partial charge in [0.15, 0.2) is 0 Å². The summed E-state index contributed by atoms with van der Waals surface area (Å²) in [6.07, 6.45) is -0.937. The van der Waals surface area contributed by atoms with Crippen molar-refractivity contribution in [3.05, 3.63) is 41.5 Å². The van der Waals surface area contributed by atoms with Crippen LogP contribution in [0, 0.1) is 0 Å². The molecule has 0 aliphatic carbocycles. The van der Waals surface area contributed by atoms with E-state index in [0.717, 1.165) is 12.1 Å². The summed E-state index contributed by atoms with van der Waals surface area (Å²) in [6.45, 7) is 2.02. The third-order valence-electron chi connectivity index (χ3n) is 2.86. The van der Waals surface area contributed by atoms with Gasteiger partial charge in [0.05, 0.1) is 18.8 Å². The lowest BCUT2D eigenvalue weighted by Gasteiger charge is -2.06. The minimum Gasteiger partial charge on any atom is -0.382 e. The van der Waals surface area contributed by atoms with E-state index in [2.05, 4.69) is 5.32 Å². The average molecular weight is 331 g/mol. The largest absolute Gasteiger partial charge is 0.416 e. The molecule has 4 nitrogen and oxygen atoms in total. The number of halogens is 3. The smallest absolute Gasteiger partial charge is 0.382 e. The first-order valence-electron chi connectivity index (χ1n) is 7.13. The summed E-state index contributed by atoms with van der Waals surface area (Å²) < 4.78 is 47.3. The van der Waals surface area contributed by atoms with Crippen molar-refractivity contribution in [1.29, 1.82) is 0 Å². The van der Waals surface area contributed by atoms with Gasteiger partial charge in [-0.15, -0.1) is 0 Å². The normalized spacial score (nSPS) is 11.8. The van der Waals surface area contributed by atoms with Crippen molar-refractivity contribution in [3.8, 4) is 0 Å². The van der Waals surface area contributed by atoms with Crippen molar-refractivity contribution >= 4 is 12.0 Å². The number of carbonyl (C=O) groups excluding carboxylic acids is 1. The van der Waals surface area contributed by atoms with E-state index >= 15 is 0 Å². The second kappa shape index (κ2) is 10.0. The molecule has 0 bridgehead atoms. The minimum atomic E-state index is -4.36. The van der Waals surface area contributed by atoms with E-state index in [1.165, 1.54) is 24.3 Å². The Morgan fingerprint density at radius 2 is 1.87 bits per heavy atom. The summed E-state index contributed by atoms with van der Waals surface area (Å²) >= 11 is 0. The molecule has 0 radical (unpaired) electrons. The van der Waals surface area contributed by atoms with Crippen LogP contribution in [-0.4, -0.2) is 39.4 Å². The molecule has 0 spiro atoms. The Morgan fingerprint density at radius 1 is 1.17 bits per heavy atom. The van der Waals surface area contributed by atoms with E-state index in [-0.39, 0.29) is 5.91 Å². The Balaban J connectivity index is 2.27. The molecule has 1 aromatic carbocycles. The molecule has 1 amide bonds. The Kier molecular flexibility index (Phi) is 8.36. The Morgan fingerprint density at radius 3 is 2.48 bits per heavy atom. The van der Waals surface area contributed by atoms with E-state index in [1.54, 1.807) is 7.11 Å². The van der Waals surface area contributed by atoms with Gasteiger partial charge in [-0.1, -0.05) is 12.1 Å². The fourth-order valence-electron chi connectivity index (χ4n) is 1.64. The second-order valence-corrected chi connectivity index (χ2v) is 4.70. The molecule has 1 rings (SSSR count). The average Bonchev–Trinajstić information content (AvgIpc) is 2.51. The van der Waals surface area contributed by atoms with Crippen molar-refractivity contribution in [1.82, 2.24) is 5.32 Å². The summed E-state index contributed by atoms with van der Waals surface area (Å²) in [5, 5.41) is 2.66. The number of carbonyl (C=O) groups is 1. The number of amides is 1. The molecule has 0 aliphatic rings. The van der Waals surface area contributed by atoms with Crippen LogP contribution in [0.1, 0.15) is 17.5 Å². The van der Waals surface area contributed by atoms with Gasteiger partial charge in [-0.3, -0.25) is 4.79 Å². The lowest BCUT2D eigenvalue weighted by atomic mass is 10.1. The lowest BCUT2D eigenvalue weighted by Crippen LogP contribution is -2.23. The fourth-order valence-corrected chi connectivity index (χ4v) is 1.64. The van der Waals surface area contributed by atoms with Crippen LogP contribution >= 0.6 is 0 Å². The monoisotopic (exact) mass is 331 g/mol. The van der Waals surface area contributed by atoms with Gasteiger partial charge in [0.25, 0.3) is 0 Å². The molecule has 1 aromatic rings. The van der Waals surface area contributed by atoms with Crippen molar-refractivity contribution < 1.29 is 27.4 Å². The van der Waals surface area contributed by atoms with Gasteiger partial charge in [0.2, 0.25) is 5.91 Å². The number of alkyl halides is 3. The van der Waals surface area contributed by atoms with Crippen molar-refractivity contribution in [2.24, 2.45) is 0 Å². The van der Waals surface area contributed by atoms with E-state index in [9.17, 15) is 18.0 Å². The number of methoxy groups -OCH3 is 1. The van der Waals surface area contributed by atoms with Crippen LogP contribution in [0.15, 0.2) is 30.3 Å². The zero-order chi connectivity index (χ0) is 17.1. The van der Waals surface area contributed by atoms with E-state index in [0.29, 0.717) is 38.3 Å². The van der Waals surface area contributed by atoms with Crippen molar-refractivity contribution in [3.63, 3.8) is 0 Å². The van der Waals surface area contributed by atoms with Crippen LogP contribution in [-0.2, 0) is 20.4 Å². The SMILES string of the molecule is COCCOCCCNC(=O)/C=C/c1ccc(C(F)(F)F)cc1. The van der Waals surface area contributed by atoms with E-state index < -0.39 is 11.7 Å². The van der Waals surface area contributed by atoms with Gasteiger partial charge in [0, 0.05) is 26.3 Å². The zero-order valence-corrected chi connectivity index (χ0v) is 12.9. The van der Waals surface area contributed by atoms with E-state index in [1.807, 2.05) is 0 Å². The number of nitrogens with one attached hydrogen (secondary N) is 1. The summed E-state index contributed by atoms with van der Waals surface area (Å²) in [5.74, 6) is -0.304. The van der Waals surface area contributed by atoms with Gasteiger partial charge in [0.1, 0.15) is 0 Å². The van der Waals surface area contributed by atoms with Crippen LogP contribution in [0.5, 0.6) is 0 Å². The van der Waals surface area contributed by atoms with E-state index in [4.69, 9.17) is 9.47 Å². The highest BCUT2D eigenvalue weighted by Gasteiger charge is 2.29. The summed E-state index contributed by atoms with van der Waals surface area (Å²) in [4.78, 5) is 11.5. The molecule has 0 saturated heterocycles. The molecule has 0 atom stereocenters. The van der Waals surface area contributed by atoms with Gasteiger partial charge < -0.3 is 14.8 Å². The number of ether oxygens (including phenoxy) is 2. The van der Waals surface area contributed by atoms with Crippen LogP contribution in [0.3, 0.4) is 0 Å². The molecule has 0 unspecified atom stereocenters. The third kappa shape index (κ3) is 8.37. The number of rotatable bonds is 9. The first-order valence-corrected chi connectivity index (χ1v) is 7.13. The van der Waals surface area contributed by atoms with Crippen molar-refractivity contribution in [2.45, 2.75) is 12.6 Å². The highest BCUT2D eigenvalue weighted by atomic mass is 19.4. The van der Waals surface area contributed by atoms with Gasteiger partial charge in [-0.25, -0.2) is 0 Å². The highest BCUT2D eigenvalue weighted by Crippen LogP contribution is 2.29. The highest BCUT2D eigenvalue weighted by molar-refractivity contribution is 5.91. The zero-order valence-electron chi connectivity index (χ0n) is 12.9. The maximum atomic E-state index is 12.4.